The average Bonchev–Trinajstić information content (AvgIpc) is 3.52. The van der Waals surface area contributed by atoms with E-state index in [0.717, 1.165) is 41.9 Å². The van der Waals surface area contributed by atoms with Crippen molar-refractivity contribution in [3.8, 4) is 0 Å². The van der Waals surface area contributed by atoms with Crippen LogP contribution in [0.2, 0.25) is 0 Å². The van der Waals surface area contributed by atoms with E-state index in [4.69, 9.17) is 10.7 Å². The minimum absolute atomic E-state index is 0.0793. The van der Waals surface area contributed by atoms with Gasteiger partial charge in [0.1, 0.15) is 0 Å². The SMILES string of the molecule is O=CN1CCc2cc(S(=O)(=O)Cl)ccc21.O=S(=O)(Nc1nccs1)c1ccc2c(c1)CCN2. The van der Waals surface area contributed by atoms with Gasteiger partial charge in [-0.05, 0) is 60.4 Å². The van der Waals surface area contributed by atoms with E-state index in [2.05, 4.69) is 15.0 Å². The largest absolute Gasteiger partial charge is 0.384 e. The number of carbonyl (C=O) groups excluding carboxylic acids is 1. The Bertz CT molecular complexity index is 1390. The zero-order valence-corrected chi connectivity index (χ0v) is 20.3. The highest BCUT2D eigenvalue weighted by Crippen LogP contribution is 2.30. The molecule has 13 heteroatoms. The van der Waals surface area contributed by atoms with Gasteiger partial charge in [0.25, 0.3) is 19.1 Å². The van der Waals surface area contributed by atoms with Crippen molar-refractivity contribution in [3.63, 3.8) is 0 Å². The number of nitrogens with zero attached hydrogens (tertiary/aromatic N) is 2. The molecule has 0 fully saturated rings. The van der Waals surface area contributed by atoms with Gasteiger partial charge in [-0.15, -0.1) is 11.3 Å². The molecule has 0 bridgehead atoms. The van der Waals surface area contributed by atoms with Gasteiger partial charge >= 0.3 is 0 Å². The lowest BCUT2D eigenvalue weighted by molar-refractivity contribution is -0.107. The molecular formula is C20H19ClN4O5S3. The van der Waals surface area contributed by atoms with E-state index < -0.39 is 19.1 Å². The summed E-state index contributed by atoms with van der Waals surface area (Å²) in [5.41, 5.74) is 3.65. The smallest absolute Gasteiger partial charge is 0.263 e. The Morgan fingerprint density at radius 3 is 2.52 bits per heavy atom. The number of carbonyl (C=O) groups is 1. The number of thiazole rings is 1. The maximum Gasteiger partial charge on any atom is 0.263 e. The number of aromatic nitrogens is 1. The lowest BCUT2D eigenvalue weighted by Gasteiger charge is -2.09. The molecule has 0 saturated carbocycles. The predicted molar refractivity (Wildman–Crippen MR) is 128 cm³/mol. The van der Waals surface area contributed by atoms with Gasteiger partial charge < -0.3 is 10.2 Å². The van der Waals surface area contributed by atoms with E-state index in [1.165, 1.54) is 23.5 Å². The predicted octanol–water partition coefficient (Wildman–Crippen LogP) is 3.04. The highest BCUT2D eigenvalue weighted by atomic mass is 35.7. The molecule has 174 valence electrons. The second-order valence-corrected chi connectivity index (χ2v) is 12.4. The van der Waals surface area contributed by atoms with E-state index >= 15 is 0 Å². The van der Waals surface area contributed by atoms with E-state index in [1.54, 1.807) is 40.7 Å². The third kappa shape index (κ3) is 5.29. The molecule has 3 aromatic rings. The van der Waals surface area contributed by atoms with Crippen LogP contribution in [0, 0.1) is 0 Å². The standard InChI is InChI=1S/C11H11N3O2S2.C9H8ClNO3S/c15-18(16,14-11-13-5-6-17-11)9-1-2-10-8(7-9)3-4-12-10;10-15(13,14)8-1-2-9-7(5-8)3-4-11(9)6-12/h1-2,5-7,12H,3-4H2,(H,13,14);1-2,5-6H,3-4H2. The summed E-state index contributed by atoms with van der Waals surface area (Å²) < 4.78 is 48.9. The van der Waals surface area contributed by atoms with Crippen molar-refractivity contribution in [2.45, 2.75) is 22.6 Å². The molecule has 0 unspecified atom stereocenters. The Hall–Kier alpha value is -2.67. The minimum atomic E-state index is -3.68. The molecule has 0 spiro atoms. The van der Waals surface area contributed by atoms with Crippen LogP contribution in [0.3, 0.4) is 0 Å². The van der Waals surface area contributed by atoms with Crippen molar-refractivity contribution in [1.82, 2.24) is 4.98 Å². The maximum absolute atomic E-state index is 12.1. The highest BCUT2D eigenvalue weighted by molar-refractivity contribution is 8.13. The van der Waals surface area contributed by atoms with Crippen LogP contribution >= 0.6 is 22.0 Å². The average molecular weight is 527 g/mol. The first-order valence-electron chi connectivity index (χ1n) is 9.76. The van der Waals surface area contributed by atoms with Gasteiger partial charge in [0.2, 0.25) is 6.41 Å². The summed E-state index contributed by atoms with van der Waals surface area (Å²) in [4.78, 5) is 16.4. The molecule has 33 heavy (non-hydrogen) atoms. The second kappa shape index (κ2) is 9.29. The van der Waals surface area contributed by atoms with Crippen molar-refractivity contribution in [3.05, 3.63) is 59.1 Å². The molecule has 0 radical (unpaired) electrons. The van der Waals surface area contributed by atoms with E-state index in [-0.39, 0.29) is 9.79 Å². The molecule has 2 aromatic carbocycles. The van der Waals surface area contributed by atoms with Crippen LogP contribution < -0.4 is 14.9 Å². The molecule has 2 N–H and O–H groups in total. The first-order chi connectivity index (χ1) is 15.7. The molecule has 0 saturated heterocycles. The summed E-state index contributed by atoms with van der Waals surface area (Å²) in [5.74, 6) is 0. The Morgan fingerprint density at radius 1 is 1.06 bits per heavy atom. The van der Waals surface area contributed by atoms with Crippen LogP contribution in [0.15, 0.2) is 57.8 Å². The zero-order chi connectivity index (χ0) is 23.6. The van der Waals surface area contributed by atoms with Crippen molar-refractivity contribution in [2.24, 2.45) is 0 Å². The molecule has 5 rings (SSSR count). The summed E-state index contributed by atoms with van der Waals surface area (Å²) >= 11 is 1.26. The van der Waals surface area contributed by atoms with Gasteiger partial charge in [-0.1, -0.05) is 0 Å². The van der Waals surface area contributed by atoms with Crippen molar-refractivity contribution >= 4 is 64.0 Å². The summed E-state index contributed by atoms with van der Waals surface area (Å²) in [6, 6.07) is 9.65. The first kappa shape index (κ1) is 23.5. The molecular weight excluding hydrogens is 508 g/mol. The monoisotopic (exact) mass is 526 g/mol. The third-order valence-electron chi connectivity index (χ3n) is 5.14. The van der Waals surface area contributed by atoms with Crippen LogP contribution in [0.1, 0.15) is 11.1 Å². The minimum Gasteiger partial charge on any atom is -0.384 e. The fraction of sp³-hybridized carbons (Fsp3) is 0.200. The Kier molecular flexibility index (Phi) is 6.61. The van der Waals surface area contributed by atoms with Gasteiger partial charge in [0.05, 0.1) is 9.79 Å². The Labute approximate surface area is 199 Å². The molecule has 1 amide bonds. The van der Waals surface area contributed by atoms with Gasteiger partial charge in [0.15, 0.2) is 5.13 Å². The number of fused-ring (bicyclic) bond motifs is 2. The first-order valence-corrected chi connectivity index (χ1v) is 14.4. The number of rotatable bonds is 5. The van der Waals surface area contributed by atoms with E-state index in [9.17, 15) is 21.6 Å². The number of benzene rings is 2. The van der Waals surface area contributed by atoms with Crippen LogP contribution in [0.5, 0.6) is 0 Å². The van der Waals surface area contributed by atoms with Gasteiger partial charge in [-0.2, -0.15) is 0 Å². The van der Waals surface area contributed by atoms with Crippen molar-refractivity contribution in [2.75, 3.05) is 28.0 Å². The lowest BCUT2D eigenvalue weighted by atomic mass is 10.2. The fourth-order valence-electron chi connectivity index (χ4n) is 3.56. The highest BCUT2D eigenvalue weighted by Gasteiger charge is 2.21. The molecule has 1 aromatic heterocycles. The molecule has 0 aliphatic carbocycles. The quantitative estimate of drug-likeness (QED) is 0.386. The number of amides is 1. The number of hydrogen-bond acceptors (Lipinski definition) is 8. The fourth-order valence-corrected chi connectivity index (χ4v) is 6.20. The van der Waals surface area contributed by atoms with Gasteiger partial charge in [-0.25, -0.2) is 21.8 Å². The third-order valence-corrected chi connectivity index (χ3v) is 8.65. The lowest BCUT2D eigenvalue weighted by Crippen LogP contribution is -2.17. The topological polar surface area (TPSA) is 126 Å². The summed E-state index contributed by atoms with van der Waals surface area (Å²) in [6.07, 6.45) is 3.82. The summed E-state index contributed by atoms with van der Waals surface area (Å²) in [6.45, 7) is 1.45. The molecule has 0 atom stereocenters. The summed E-state index contributed by atoms with van der Waals surface area (Å²) in [7, 11) is -2.00. The maximum atomic E-state index is 12.1. The van der Waals surface area contributed by atoms with Crippen molar-refractivity contribution in [1.29, 1.82) is 0 Å². The van der Waals surface area contributed by atoms with Gasteiger partial charge in [0, 0.05) is 46.7 Å². The Balaban J connectivity index is 0.000000160. The van der Waals surface area contributed by atoms with E-state index in [0.29, 0.717) is 18.1 Å². The Morgan fingerprint density at radius 2 is 1.82 bits per heavy atom. The van der Waals surface area contributed by atoms with Crippen LogP contribution in [0.25, 0.3) is 0 Å². The normalized spacial score (nSPS) is 14.5. The number of nitrogens with one attached hydrogen (secondary N) is 2. The molecule has 2 aliphatic heterocycles. The molecule has 2 aliphatic rings. The summed E-state index contributed by atoms with van der Waals surface area (Å²) in [5, 5.41) is 5.31. The molecule has 9 nitrogen and oxygen atoms in total. The number of hydrogen-bond donors (Lipinski definition) is 2. The second-order valence-electron chi connectivity index (χ2n) is 7.22. The number of anilines is 3. The zero-order valence-electron chi connectivity index (χ0n) is 17.1. The number of sulfonamides is 1. The van der Waals surface area contributed by atoms with Crippen LogP contribution in [-0.2, 0) is 36.7 Å². The molecule has 3 heterocycles. The van der Waals surface area contributed by atoms with Crippen molar-refractivity contribution < 1.29 is 21.6 Å². The van der Waals surface area contributed by atoms with E-state index in [1.807, 2.05) is 0 Å². The van der Waals surface area contributed by atoms with Gasteiger partial charge in [-0.3, -0.25) is 9.52 Å². The van der Waals surface area contributed by atoms with Crippen LogP contribution in [-0.4, -0.2) is 41.3 Å². The van der Waals surface area contributed by atoms with Crippen LogP contribution in [0.4, 0.5) is 16.5 Å². The number of halogens is 1.